The molecule has 3 fully saturated rings. The van der Waals surface area contributed by atoms with Crippen LogP contribution in [0.3, 0.4) is 0 Å². The lowest BCUT2D eigenvalue weighted by atomic mass is 9.49. The SMILES string of the molecule is CC1CCC2C(CCC3C2CCC2(C)C(c4cncnc4)=CCC32)C1. The molecule has 2 heteroatoms. The van der Waals surface area contributed by atoms with Crippen LogP contribution in [0.25, 0.3) is 5.57 Å². The molecular weight excluding hydrogens is 304 g/mol. The number of nitrogens with zero attached hydrogens (tertiary/aromatic N) is 2. The van der Waals surface area contributed by atoms with Gasteiger partial charge in [0, 0.05) is 18.0 Å². The summed E-state index contributed by atoms with van der Waals surface area (Å²) in [5.41, 5.74) is 3.18. The summed E-state index contributed by atoms with van der Waals surface area (Å²) in [6, 6.07) is 0. The van der Waals surface area contributed by atoms with E-state index in [1.165, 1.54) is 56.9 Å². The highest BCUT2D eigenvalue weighted by Crippen LogP contribution is 2.64. The van der Waals surface area contributed by atoms with Crippen LogP contribution in [0.5, 0.6) is 0 Å². The van der Waals surface area contributed by atoms with Crippen molar-refractivity contribution in [1.29, 1.82) is 0 Å². The fraction of sp³-hybridized carbons (Fsp3) is 0.739. The Labute approximate surface area is 152 Å². The number of allylic oxidation sites excluding steroid dienone is 2. The minimum atomic E-state index is 0.362. The van der Waals surface area contributed by atoms with E-state index in [0.29, 0.717) is 5.41 Å². The van der Waals surface area contributed by atoms with Crippen LogP contribution >= 0.6 is 0 Å². The molecule has 0 N–H and O–H groups in total. The smallest absolute Gasteiger partial charge is 0.115 e. The quantitative estimate of drug-likeness (QED) is 0.651. The monoisotopic (exact) mass is 336 g/mol. The molecule has 134 valence electrons. The second-order valence-corrected chi connectivity index (χ2v) is 9.79. The summed E-state index contributed by atoms with van der Waals surface area (Å²) < 4.78 is 0. The van der Waals surface area contributed by atoms with Crippen LogP contribution in [0, 0.1) is 40.9 Å². The van der Waals surface area contributed by atoms with E-state index in [0.717, 1.165) is 35.5 Å². The summed E-state index contributed by atoms with van der Waals surface area (Å²) in [6.07, 6.45) is 19.9. The highest BCUT2D eigenvalue weighted by Gasteiger charge is 2.54. The van der Waals surface area contributed by atoms with Crippen molar-refractivity contribution >= 4 is 5.57 Å². The number of fused-ring (bicyclic) bond motifs is 5. The molecule has 4 aliphatic rings. The van der Waals surface area contributed by atoms with E-state index in [1.807, 2.05) is 12.4 Å². The van der Waals surface area contributed by atoms with Gasteiger partial charge in [-0.15, -0.1) is 0 Å². The second kappa shape index (κ2) is 5.93. The molecule has 1 aromatic rings. The summed E-state index contributed by atoms with van der Waals surface area (Å²) >= 11 is 0. The molecule has 2 nitrogen and oxygen atoms in total. The van der Waals surface area contributed by atoms with E-state index >= 15 is 0 Å². The molecule has 0 spiro atoms. The predicted molar refractivity (Wildman–Crippen MR) is 102 cm³/mol. The maximum absolute atomic E-state index is 4.29. The van der Waals surface area contributed by atoms with Crippen LogP contribution in [0.1, 0.15) is 70.8 Å². The zero-order chi connectivity index (χ0) is 17.0. The van der Waals surface area contributed by atoms with E-state index in [1.54, 1.807) is 11.9 Å². The first kappa shape index (κ1) is 16.0. The zero-order valence-corrected chi connectivity index (χ0v) is 15.8. The second-order valence-electron chi connectivity index (χ2n) is 9.79. The average Bonchev–Trinajstić information content (AvgIpc) is 2.99. The van der Waals surface area contributed by atoms with Gasteiger partial charge in [-0.3, -0.25) is 0 Å². The number of hydrogen-bond donors (Lipinski definition) is 0. The van der Waals surface area contributed by atoms with E-state index < -0.39 is 0 Å². The van der Waals surface area contributed by atoms with Gasteiger partial charge in [-0.05, 0) is 91.4 Å². The topological polar surface area (TPSA) is 25.8 Å². The molecule has 3 saturated carbocycles. The first-order valence-corrected chi connectivity index (χ1v) is 10.6. The summed E-state index contributed by atoms with van der Waals surface area (Å²) in [7, 11) is 0. The van der Waals surface area contributed by atoms with Gasteiger partial charge in [0.15, 0.2) is 0 Å². The van der Waals surface area contributed by atoms with Crippen LogP contribution in [0.2, 0.25) is 0 Å². The molecule has 5 rings (SSSR count). The number of rotatable bonds is 1. The highest BCUT2D eigenvalue weighted by molar-refractivity contribution is 5.71. The lowest BCUT2D eigenvalue weighted by molar-refractivity contribution is -0.0443. The summed E-state index contributed by atoms with van der Waals surface area (Å²) in [5.74, 6) is 5.91. The Morgan fingerprint density at radius 3 is 2.60 bits per heavy atom. The van der Waals surface area contributed by atoms with Crippen molar-refractivity contribution in [2.75, 3.05) is 0 Å². The third-order valence-corrected chi connectivity index (χ3v) is 8.67. The maximum Gasteiger partial charge on any atom is 0.115 e. The zero-order valence-electron chi connectivity index (χ0n) is 15.8. The molecule has 4 aliphatic carbocycles. The third-order valence-electron chi connectivity index (χ3n) is 8.67. The van der Waals surface area contributed by atoms with Gasteiger partial charge in [0.25, 0.3) is 0 Å². The molecule has 7 atom stereocenters. The minimum absolute atomic E-state index is 0.362. The largest absolute Gasteiger partial charge is 0.244 e. The van der Waals surface area contributed by atoms with Gasteiger partial charge in [-0.25, -0.2) is 9.97 Å². The Morgan fingerprint density at radius 1 is 0.960 bits per heavy atom. The lowest BCUT2D eigenvalue weighted by Crippen LogP contribution is -2.47. The van der Waals surface area contributed by atoms with Crippen LogP contribution in [-0.4, -0.2) is 9.97 Å². The van der Waals surface area contributed by atoms with E-state index in [9.17, 15) is 0 Å². The lowest BCUT2D eigenvalue weighted by Gasteiger charge is -2.56. The molecule has 0 aromatic carbocycles. The number of hydrogen-bond acceptors (Lipinski definition) is 2. The van der Waals surface area contributed by atoms with Crippen molar-refractivity contribution in [3.63, 3.8) is 0 Å². The molecule has 0 amide bonds. The van der Waals surface area contributed by atoms with Crippen molar-refractivity contribution in [2.24, 2.45) is 40.9 Å². The maximum atomic E-state index is 4.29. The molecule has 25 heavy (non-hydrogen) atoms. The first-order valence-electron chi connectivity index (χ1n) is 10.6. The van der Waals surface area contributed by atoms with Gasteiger partial charge in [0.2, 0.25) is 0 Å². The molecule has 1 aromatic heterocycles. The summed E-state index contributed by atoms with van der Waals surface area (Å²) in [6.45, 7) is 5.03. The van der Waals surface area contributed by atoms with E-state index in [4.69, 9.17) is 0 Å². The summed E-state index contributed by atoms with van der Waals surface area (Å²) in [5, 5.41) is 0. The normalized spacial score (nSPS) is 45.9. The van der Waals surface area contributed by atoms with Crippen molar-refractivity contribution in [1.82, 2.24) is 9.97 Å². The van der Waals surface area contributed by atoms with Crippen LogP contribution in [-0.2, 0) is 0 Å². The van der Waals surface area contributed by atoms with Crippen molar-refractivity contribution in [3.05, 3.63) is 30.4 Å². The Morgan fingerprint density at radius 2 is 1.76 bits per heavy atom. The Kier molecular flexibility index (Phi) is 3.80. The molecule has 0 radical (unpaired) electrons. The average molecular weight is 337 g/mol. The van der Waals surface area contributed by atoms with Crippen LogP contribution < -0.4 is 0 Å². The predicted octanol–water partition coefficient (Wildman–Crippen LogP) is 5.76. The molecule has 1 heterocycles. The fourth-order valence-corrected chi connectivity index (χ4v) is 7.54. The first-order chi connectivity index (χ1) is 12.2. The van der Waals surface area contributed by atoms with Crippen molar-refractivity contribution in [3.8, 4) is 0 Å². The van der Waals surface area contributed by atoms with Gasteiger partial charge >= 0.3 is 0 Å². The molecular formula is C23H32N2. The molecule has 7 unspecified atom stereocenters. The Bertz CT molecular complexity index is 666. The van der Waals surface area contributed by atoms with E-state index in [-0.39, 0.29) is 0 Å². The number of aromatic nitrogens is 2. The molecule has 0 bridgehead atoms. The van der Waals surface area contributed by atoms with Gasteiger partial charge in [0.05, 0.1) is 0 Å². The van der Waals surface area contributed by atoms with Crippen LogP contribution in [0.4, 0.5) is 0 Å². The van der Waals surface area contributed by atoms with Gasteiger partial charge in [-0.2, -0.15) is 0 Å². The van der Waals surface area contributed by atoms with Crippen molar-refractivity contribution in [2.45, 2.75) is 65.2 Å². The van der Waals surface area contributed by atoms with Gasteiger partial charge in [0.1, 0.15) is 6.33 Å². The van der Waals surface area contributed by atoms with Gasteiger partial charge < -0.3 is 0 Å². The Hall–Kier alpha value is -1.18. The van der Waals surface area contributed by atoms with Crippen molar-refractivity contribution < 1.29 is 0 Å². The van der Waals surface area contributed by atoms with E-state index in [2.05, 4.69) is 29.9 Å². The standard InChI is InChI=1S/C23H32N2/c1-15-3-5-18-16(11-15)4-6-20-19(18)9-10-23(2)21(7-8-22(20)23)17-12-24-14-25-13-17/h7,12-16,18-20,22H,3-6,8-11H2,1-2H3. The van der Waals surface area contributed by atoms with Gasteiger partial charge in [-0.1, -0.05) is 26.3 Å². The Balaban J connectivity index is 1.41. The molecule has 0 aliphatic heterocycles. The third kappa shape index (κ3) is 2.43. The molecule has 0 saturated heterocycles. The van der Waals surface area contributed by atoms with Crippen LogP contribution in [0.15, 0.2) is 24.8 Å². The fourth-order valence-electron chi connectivity index (χ4n) is 7.54. The minimum Gasteiger partial charge on any atom is -0.244 e. The summed E-state index contributed by atoms with van der Waals surface area (Å²) in [4.78, 5) is 8.58. The highest BCUT2D eigenvalue weighted by atomic mass is 14.8.